The van der Waals surface area contributed by atoms with Crippen LogP contribution in [0.15, 0.2) is 0 Å². The maximum absolute atomic E-state index is 11.4. The summed E-state index contributed by atoms with van der Waals surface area (Å²) in [4.78, 5) is 16.1. The Morgan fingerprint density at radius 2 is 2.29 bits per heavy atom. The molecule has 0 bridgehead atoms. The number of rotatable bonds is 7. The number of nitrogens with one attached hydrogen (secondary N) is 1. The van der Waals surface area contributed by atoms with E-state index in [9.17, 15) is 4.79 Å². The number of thiocarbonyl (C=S) groups is 1. The SMILES string of the molecule is CC(C)N(CCC(N)=S)CCN1CCNC1=O. The molecule has 0 unspecified atom stereocenters. The summed E-state index contributed by atoms with van der Waals surface area (Å²) >= 11 is 4.89. The lowest BCUT2D eigenvalue weighted by Crippen LogP contribution is -2.41. The minimum Gasteiger partial charge on any atom is -0.393 e. The number of nitrogens with two attached hydrogens (primary N) is 1. The summed E-state index contributed by atoms with van der Waals surface area (Å²) in [5.41, 5.74) is 5.51. The highest BCUT2D eigenvalue weighted by molar-refractivity contribution is 7.80. The largest absolute Gasteiger partial charge is 0.393 e. The van der Waals surface area contributed by atoms with Gasteiger partial charge in [-0.1, -0.05) is 12.2 Å². The van der Waals surface area contributed by atoms with E-state index in [0.717, 1.165) is 39.1 Å². The van der Waals surface area contributed by atoms with Crippen molar-refractivity contribution in [1.29, 1.82) is 0 Å². The Morgan fingerprint density at radius 1 is 1.59 bits per heavy atom. The second-order valence-corrected chi connectivity index (χ2v) is 5.09. The van der Waals surface area contributed by atoms with Gasteiger partial charge in [0.15, 0.2) is 0 Å². The summed E-state index contributed by atoms with van der Waals surface area (Å²) in [6.45, 7) is 8.35. The first kappa shape index (κ1) is 14.2. The molecule has 0 radical (unpaired) electrons. The van der Waals surface area contributed by atoms with Crippen molar-refractivity contribution in [3.8, 4) is 0 Å². The topological polar surface area (TPSA) is 61.6 Å². The average Bonchev–Trinajstić information content (AvgIpc) is 2.63. The summed E-state index contributed by atoms with van der Waals surface area (Å²) in [7, 11) is 0. The fraction of sp³-hybridized carbons (Fsp3) is 0.818. The van der Waals surface area contributed by atoms with Gasteiger partial charge in [-0.25, -0.2) is 4.79 Å². The number of carbonyl (C=O) groups is 1. The first-order chi connectivity index (χ1) is 8.00. The van der Waals surface area contributed by atoms with Crippen molar-refractivity contribution in [2.45, 2.75) is 26.3 Å². The molecule has 1 aliphatic heterocycles. The van der Waals surface area contributed by atoms with Crippen molar-refractivity contribution < 1.29 is 4.79 Å². The number of nitrogens with zero attached hydrogens (tertiary/aromatic N) is 2. The van der Waals surface area contributed by atoms with Gasteiger partial charge in [0.2, 0.25) is 0 Å². The lowest BCUT2D eigenvalue weighted by Gasteiger charge is -2.28. The highest BCUT2D eigenvalue weighted by atomic mass is 32.1. The highest BCUT2D eigenvalue weighted by Crippen LogP contribution is 2.03. The van der Waals surface area contributed by atoms with Gasteiger partial charge in [0.05, 0.1) is 4.99 Å². The predicted octanol–water partition coefficient (Wildman–Crippen LogP) is 0.398. The smallest absolute Gasteiger partial charge is 0.317 e. The number of carbonyl (C=O) groups excluding carboxylic acids is 1. The Kier molecular flexibility index (Phi) is 5.64. The van der Waals surface area contributed by atoms with E-state index in [0.29, 0.717) is 11.0 Å². The van der Waals surface area contributed by atoms with Crippen molar-refractivity contribution in [3.63, 3.8) is 0 Å². The predicted molar refractivity (Wildman–Crippen MR) is 73.1 cm³/mol. The Labute approximate surface area is 108 Å². The lowest BCUT2D eigenvalue weighted by atomic mass is 10.2. The van der Waals surface area contributed by atoms with Crippen molar-refractivity contribution in [2.75, 3.05) is 32.7 Å². The molecule has 1 aliphatic rings. The van der Waals surface area contributed by atoms with E-state index >= 15 is 0 Å². The molecule has 98 valence electrons. The van der Waals surface area contributed by atoms with Crippen LogP contribution in [0, 0.1) is 0 Å². The van der Waals surface area contributed by atoms with Crippen LogP contribution in [0.1, 0.15) is 20.3 Å². The molecule has 2 amide bonds. The van der Waals surface area contributed by atoms with Crippen LogP contribution >= 0.6 is 12.2 Å². The van der Waals surface area contributed by atoms with Gasteiger partial charge in [0, 0.05) is 45.2 Å². The van der Waals surface area contributed by atoms with E-state index in [2.05, 4.69) is 24.1 Å². The molecule has 6 heteroatoms. The molecule has 3 N–H and O–H groups in total. The summed E-state index contributed by atoms with van der Waals surface area (Å²) in [6.07, 6.45) is 0.736. The van der Waals surface area contributed by atoms with E-state index in [4.69, 9.17) is 18.0 Å². The third kappa shape index (κ3) is 4.87. The van der Waals surface area contributed by atoms with Crippen molar-refractivity contribution in [3.05, 3.63) is 0 Å². The van der Waals surface area contributed by atoms with Crippen molar-refractivity contribution >= 4 is 23.2 Å². The van der Waals surface area contributed by atoms with E-state index in [1.54, 1.807) is 0 Å². The van der Waals surface area contributed by atoms with Crippen LogP contribution in [0.25, 0.3) is 0 Å². The second-order valence-electron chi connectivity index (χ2n) is 4.57. The molecule has 0 aliphatic carbocycles. The molecule has 0 aromatic carbocycles. The zero-order valence-electron chi connectivity index (χ0n) is 10.6. The van der Waals surface area contributed by atoms with Crippen LogP contribution in [-0.4, -0.2) is 59.6 Å². The molecule has 0 aromatic heterocycles. The Hall–Kier alpha value is -0.880. The van der Waals surface area contributed by atoms with Crippen LogP contribution in [0.2, 0.25) is 0 Å². The molecule has 0 saturated carbocycles. The Morgan fingerprint density at radius 3 is 2.76 bits per heavy atom. The van der Waals surface area contributed by atoms with Gasteiger partial charge < -0.3 is 16.0 Å². The fourth-order valence-electron chi connectivity index (χ4n) is 1.86. The van der Waals surface area contributed by atoms with E-state index < -0.39 is 0 Å². The second kappa shape index (κ2) is 6.76. The molecule has 1 saturated heterocycles. The van der Waals surface area contributed by atoms with Gasteiger partial charge in [-0.15, -0.1) is 0 Å². The molecule has 17 heavy (non-hydrogen) atoms. The van der Waals surface area contributed by atoms with E-state index in [1.807, 2.05) is 4.90 Å². The van der Waals surface area contributed by atoms with Gasteiger partial charge in [0.25, 0.3) is 0 Å². The summed E-state index contributed by atoms with van der Waals surface area (Å²) in [5.74, 6) is 0. The Balaban J connectivity index is 2.33. The average molecular weight is 258 g/mol. The molecule has 0 aromatic rings. The molecular formula is C11H22N4OS. The number of hydrogen-bond acceptors (Lipinski definition) is 3. The monoisotopic (exact) mass is 258 g/mol. The summed E-state index contributed by atoms with van der Waals surface area (Å²) in [5, 5.41) is 2.80. The Bertz CT molecular complexity index is 283. The molecule has 5 nitrogen and oxygen atoms in total. The number of amides is 2. The number of hydrogen-bond donors (Lipinski definition) is 2. The first-order valence-corrected chi connectivity index (χ1v) is 6.46. The van der Waals surface area contributed by atoms with Gasteiger partial charge in [-0.3, -0.25) is 4.90 Å². The molecule has 0 atom stereocenters. The maximum Gasteiger partial charge on any atom is 0.317 e. The van der Waals surface area contributed by atoms with E-state index in [-0.39, 0.29) is 6.03 Å². The summed E-state index contributed by atoms with van der Waals surface area (Å²) < 4.78 is 0. The molecule has 1 rings (SSSR count). The quantitative estimate of drug-likeness (QED) is 0.649. The van der Waals surface area contributed by atoms with Gasteiger partial charge in [-0.05, 0) is 13.8 Å². The third-order valence-electron chi connectivity index (χ3n) is 2.98. The van der Waals surface area contributed by atoms with Crippen LogP contribution in [0.3, 0.4) is 0 Å². The fourth-order valence-corrected chi connectivity index (χ4v) is 1.95. The first-order valence-electron chi connectivity index (χ1n) is 6.06. The molecular weight excluding hydrogens is 236 g/mol. The lowest BCUT2D eigenvalue weighted by molar-refractivity contribution is 0.186. The van der Waals surface area contributed by atoms with Crippen LogP contribution in [-0.2, 0) is 0 Å². The van der Waals surface area contributed by atoms with Crippen LogP contribution in [0.5, 0.6) is 0 Å². The third-order valence-corrected chi connectivity index (χ3v) is 3.18. The standard InChI is InChI=1S/C11H22N4OS/c1-9(2)14(5-3-10(12)17)7-8-15-6-4-13-11(15)16/h9H,3-8H2,1-2H3,(H2,12,17)(H,13,16). The van der Waals surface area contributed by atoms with Crippen LogP contribution in [0.4, 0.5) is 4.79 Å². The zero-order chi connectivity index (χ0) is 12.8. The van der Waals surface area contributed by atoms with Crippen molar-refractivity contribution in [1.82, 2.24) is 15.1 Å². The molecule has 0 spiro atoms. The van der Waals surface area contributed by atoms with Gasteiger partial charge in [-0.2, -0.15) is 0 Å². The van der Waals surface area contributed by atoms with Gasteiger partial charge in [0.1, 0.15) is 0 Å². The van der Waals surface area contributed by atoms with Gasteiger partial charge >= 0.3 is 6.03 Å². The normalized spacial score (nSPS) is 15.8. The van der Waals surface area contributed by atoms with E-state index in [1.165, 1.54) is 0 Å². The maximum atomic E-state index is 11.4. The molecule has 1 heterocycles. The minimum absolute atomic E-state index is 0.0445. The van der Waals surface area contributed by atoms with Crippen LogP contribution < -0.4 is 11.1 Å². The molecule has 1 fully saturated rings. The number of urea groups is 1. The summed E-state index contributed by atoms with van der Waals surface area (Å²) in [6, 6.07) is 0.484. The minimum atomic E-state index is 0.0445. The zero-order valence-corrected chi connectivity index (χ0v) is 11.4. The highest BCUT2D eigenvalue weighted by Gasteiger charge is 2.20. The van der Waals surface area contributed by atoms with Crippen molar-refractivity contribution in [2.24, 2.45) is 5.73 Å².